The number of carbonyl (C=O) groups excluding carboxylic acids is 1. The molecule has 16 heavy (non-hydrogen) atoms. The van der Waals surface area contributed by atoms with Crippen LogP contribution in [0.2, 0.25) is 0 Å². The Morgan fingerprint density at radius 3 is 2.56 bits per heavy atom. The summed E-state index contributed by atoms with van der Waals surface area (Å²) in [6, 6.07) is 0.308. The topological polar surface area (TPSA) is 58.4 Å². The van der Waals surface area contributed by atoms with E-state index in [1.165, 1.54) is 12.8 Å². The largest absolute Gasteiger partial charge is 0.350 e. The smallest absolute Gasteiger partial charge is 0.234 e. The Morgan fingerprint density at radius 1 is 1.50 bits per heavy atom. The van der Waals surface area contributed by atoms with E-state index in [9.17, 15) is 4.79 Å². The van der Waals surface area contributed by atoms with Gasteiger partial charge in [-0.25, -0.2) is 0 Å². The monoisotopic (exact) mass is 225 g/mol. The normalized spacial score (nSPS) is 28.4. The predicted octanol–water partition coefficient (Wildman–Crippen LogP) is 0.324. The molecule has 0 aromatic heterocycles. The molecule has 0 aromatic rings. The Labute approximate surface area is 97.6 Å². The summed E-state index contributed by atoms with van der Waals surface area (Å²) in [4.78, 5) is 13.9. The van der Waals surface area contributed by atoms with Crippen molar-refractivity contribution in [2.24, 2.45) is 11.1 Å². The van der Waals surface area contributed by atoms with Gasteiger partial charge in [-0.2, -0.15) is 0 Å². The molecule has 4 heteroatoms. The van der Waals surface area contributed by atoms with Crippen LogP contribution in [0, 0.1) is 5.41 Å². The number of amides is 1. The van der Waals surface area contributed by atoms with Crippen molar-refractivity contribution < 1.29 is 4.79 Å². The van der Waals surface area contributed by atoms with Gasteiger partial charge in [-0.05, 0) is 33.6 Å². The van der Waals surface area contributed by atoms with Crippen LogP contribution in [0.1, 0.15) is 33.6 Å². The molecule has 4 nitrogen and oxygen atoms in total. The van der Waals surface area contributed by atoms with Crippen LogP contribution in [0.5, 0.6) is 0 Å². The molecule has 2 aliphatic rings. The fourth-order valence-corrected chi connectivity index (χ4v) is 2.60. The molecule has 0 bridgehead atoms. The van der Waals surface area contributed by atoms with Crippen molar-refractivity contribution in [3.8, 4) is 0 Å². The minimum Gasteiger partial charge on any atom is -0.350 e. The molecule has 1 aliphatic heterocycles. The standard InChI is InChI=1S/C12H23N3O/c1-11(2,3)15-7-9(14-10(16)6-13)12(8-15)4-5-12/h9H,4-8,13H2,1-3H3,(H,14,16)/t9-/m0/s1. The van der Waals surface area contributed by atoms with Gasteiger partial charge in [0.1, 0.15) is 0 Å². The fraction of sp³-hybridized carbons (Fsp3) is 0.917. The summed E-state index contributed by atoms with van der Waals surface area (Å²) in [5.41, 5.74) is 5.91. The van der Waals surface area contributed by atoms with E-state index < -0.39 is 0 Å². The molecule has 1 saturated carbocycles. The molecule has 0 unspecified atom stereocenters. The van der Waals surface area contributed by atoms with Crippen LogP contribution in [-0.2, 0) is 4.79 Å². The molecule has 1 heterocycles. The Hall–Kier alpha value is -0.610. The van der Waals surface area contributed by atoms with Crippen LogP contribution in [0.25, 0.3) is 0 Å². The highest BCUT2D eigenvalue weighted by Gasteiger charge is 2.56. The summed E-state index contributed by atoms with van der Waals surface area (Å²) in [5, 5.41) is 3.08. The van der Waals surface area contributed by atoms with Gasteiger partial charge in [0.15, 0.2) is 0 Å². The maximum Gasteiger partial charge on any atom is 0.234 e. The van der Waals surface area contributed by atoms with E-state index >= 15 is 0 Å². The van der Waals surface area contributed by atoms with Gasteiger partial charge in [0.05, 0.1) is 6.54 Å². The number of hydrogen-bond donors (Lipinski definition) is 2. The van der Waals surface area contributed by atoms with Gasteiger partial charge in [-0.3, -0.25) is 9.69 Å². The lowest BCUT2D eigenvalue weighted by Crippen LogP contribution is -2.45. The molecular formula is C12H23N3O. The molecule has 1 saturated heterocycles. The van der Waals surface area contributed by atoms with Crippen molar-refractivity contribution in [2.75, 3.05) is 19.6 Å². The van der Waals surface area contributed by atoms with E-state index in [0.717, 1.165) is 13.1 Å². The second kappa shape index (κ2) is 3.70. The summed E-state index contributed by atoms with van der Waals surface area (Å²) in [6.07, 6.45) is 2.49. The quantitative estimate of drug-likeness (QED) is 0.712. The summed E-state index contributed by atoms with van der Waals surface area (Å²) in [5.74, 6) is -0.0213. The zero-order valence-corrected chi connectivity index (χ0v) is 10.5. The predicted molar refractivity (Wildman–Crippen MR) is 64.0 cm³/mol. The van der Waals surface area contributed by atoms with E-state index in [4.69, 9.17) is 5.73 Å². The van der Waals surface area contributed by atoms with Gasteiger partial charge >= 0.3 is 0 Å². The Kier molecular flexibility index (Phi) is 2.75. The number of hydrogen-bond acceptors (Lipinski definition) is 3. The average molecular weight is 225 g/mol. The van der Waals surface area contributed by atoms with Crippen LogP contribution < -0.4 is 11.1 Å². The van der Waals surface area contributed by atoms with Gasteiger partial charge in [0, 0.05) is 30.1 Å². The van der Waals surface area contributed by atoms with Crippen LogP contribution in [0.4, 0.5) is 0 Å². The fourth-order valence-electron chi connectivity index (χ4n) is 2.60. The van der Waals surface area contributed by atoms with Gasteiger partial charge in [0.2, 0.25) is 5.91 Å². The highest BCUT2D eigenvalue weighted by atomic mass is 16.1. The van der Waals surface area contributed by atoms with E-state index in [-0.39, 0.29) is 18.0 Å². The van der Waals surface area contributed by atoms with Crippen molar-refractivity contribution in [2.45, 2.75) is 45.2 Å². The Balaban J connectivity index is 2.02. The van der Waals surface area contributed by atoms with Crippen molar-refractivity contribution in [1.29, 1.82) is 0 Å². The molecule has 2 rings (SSSR count). The van der Waals surface area contributed by atoms with Crippen molar-refractivity contribution in [3.05, 3.63) is 0 Å². The minimum atomic E-state index is -0.0213. The third-order valence-electron chi connectivity index (χ3n) is 4.01. The van der Waals surface area contributed by atoms with Gasteiger partial charge < -0.3 is 11.1 Å². The van der Waals surface area contributed by atoms with Crippen LogP contribution in [0.15, 0.2) is 0 Å². The van der Waals surface area contributed by atoms with E-state index in [0.29, 0.717) is 11.5 Å². The summed E-state index contributed by atoms with van der Waals surface area (Å²) in [6.45, 7) is 8.88. The van der Waals surface area contributed by atoms with Crippen LogP contribution in [-0.4, -0.2) is 42.0 Å². The number of carbonyl (C=O) groups is 1. The number of nitrogens with zero attached hydrogens (tertiary/aromatic N) is 1. The first-order valence-electron chi connectivity index (χ1n) is 6.12. The maximum absolute atomic E-state index is 11.4. The van der Waals surface area contributed by atoms with E-state index in [1.54, 1.807) is 0 Å². The zero-order valence-electron chi connectivity index (χ0n) is 10.5. The first-order valence-corrected chi connectivity index (χ1v) is 6.12. The lowest BCUT2D eigenvalue weighted by molar-refractivity contribution is -0.120. The third kappa shape index (κ3) is 2.09. The number of nitrogens with two attached hydrogens (primary N) is 1. The van der Waals surface area contributed by atoms with E-state index in [1.807, 2.05) is 0 Å². The SMILES string of the molecule is CC(C)(C)N1C[C@H](NC(=O)CN)C2(CC2)C1. The minimum absolute atomic E-state index is 0.0213. The second-order valence-corrected chi connectivity index (χ2v) is 6.24. The molecule has 1 atom stereocenters. The molecule has 0 radical (unpaired) electrons. The van der Waals surface area contributed by atoms with Crippen molar-refractivity contribution >= 4 is 5.91 Å². The Bertz CT molecular complexity index is 291. The number of nitrogens with one attached hydrogen (secondary N) is 1. The molecular weight excluding hydrogens is 202 g/mol. The lowest BCUT2D eigenvalue weighted by atomic mass is 10.0. The summed E-state index contributed by atoms with van der Waals surface area (Å²) < 4.78 is 0. The number of likely N-dealkylation sites (tertiary alicyclic amines) is 1. The third-order valence-corrected chi connectivity index (χ3v) is 4.01. The van der Waals surface area contributed by atoms with Gasteiger partial charge in [0.25, 0.3) is 0 Å². The van der Waals surface area contributed by atoms with Crippen molar-refractivity contribution in [1.82, 2.24) is 10.2 Å². The molecule has 1 aliphatic carbocycles. The van der Waals surface area contributed by atoms with Crippen molar-refractivity contribution in [3.63, 3.8) is 0 Å². The summed E-state index contributed by atoms with van der Waals surface area (Å²) >= 11 is 0. The molecule has 3 N–H and O–H groups in total. The average Bonchev–Trinajstić information content (AvgIpc) is 2.84. The second-order valence-electron chi connectivity index (χ2n) is 6.24. The van der Waals surface area contributed by atoms with Gasteiger partial charge in [-0.1, -0.05) is 0 Å². The lowest BCUT2D eigenvalue weighted by Gasteiger charge is -2.31. The molecule has 92 valence electrons. The highest BCUT2D eigenvalue weighted by molar-refractivity contribution is 5.78. The maximum atomic E-state index is 11.4. The van der Waals surface area contributed by atoms with Crippen LogP contribution >= 0.6 is 0 Å². The van der Waals surface area contributed by atoms with Gasteiger partial charge in [-0.15, -0.1) is 0 Å². The zero-order chi connectivity index (χ0) is 12.0. The first-order chi connectivity index (χ1) is 7.37. The summed E-state index contributed by atoms with van der Waals surface area (Å²) in [7, 11) is 0. The molecule has 2 fully saturated rings. The molecule has 1 amide bonds. The van der Waals surface area contributed by atoms with E-state index in [2.05, 4.69) is 31.0 Å². The molecule has 1 spiro atoms. The number of rotatable bonds is 2. The molecule has 0 aromatic carbocycles. The Morgan fingerprint density at radius 2 is 2.12 bits per heavy atom. The van der Waals surface area contributed by atoms with Crippen LogP contribution in [0.3, 0.4) is 0 Å². The highest BCUT2D eigenvalue weighted by Crippen LogP contribution is 2.53. The first kappa shape index (κ1) is 11.9.